The molecule has 0 saturated heterocycles. The topological polar surface area (TPSA) is 93.8 Å². The summed E-state index contributed by atoms with van der Waals surface area (Å²) in [5.41, 5.74) is 6.31. The van der Waals surface area contributed by atoms with E-state index in [1.807, 2.05) is 43.3 Å². The Kier molecular flexibility index (Phi) is 6.54. The van der Waals surface area contributed by atoms with Crippen molar-refractivity contribution in [2.24, 2.45) is 5.10 Å². The van der Waals surface area contributed by atoms with Crippen LogP contribution < -0.4 is 10.2 Å². The number of ether oxygens (including phenoxy) is 1. The third-order valence-corrected chi connectivity index (χ3v) is 4.46. The van der Waals surface area contributed by atoms with Gasteiger partial charge in [0.05, 0.1) is 10.6 Å². The average Bonchev–Trinajstić information content (AvgIpc) is 2.77. The second-order valence-corrected chi connectivity index (χ2v) is 6.74. The molecule has 0 unspecified atom stereocenters. The van der Waals surface area contributed by atoms with Gasteiger partial charge in [0.15, 0.2) is 0 Å². The molecule has 0 bridgehead atoms. The van der Waals surface area contributed by atoms with E-state index >= 15 is 0 Å². The third-order valence-electron chi connectivity index (χ3n) is 4.46. The van der Waals surface area contributed by atoms with Gasteiger partial charge in [-0.1, -0.05) is 29.8 Å². The summed E-state index contributed by atoms with van der Waals surface area (Å²) in [5.74, 6) is 0.445. The second-order valence-electron chi connectivity index (χ2n) is 6.74. The van der Waals surface area contributed by atoms with Crippen LogP contribution in [0, 0.1) is 17.0 Å². The molecule has 0 aromatic heterocycles. The Balaban J connectivity index is 1.56. The second kappa shape index (κ2) is 9.47. The summed E-state index contributed by atoms with van der Waals surface area (Å²) in [7, 11) is 0. The molecule has 3 aromatic carbocycles. The number of nitro groups is 1. The number of nitro benzene ring substituents is 1. The lowest BCUT2D eigenvalue weighted by atomic mass is 10.1. The zero-order valence-electron chi connectivity index (χ0n) is 16.7. The van der Waals surface area contributed by atoms with Crippen molar-refractivity contribution in [2.45, 2.75) is 20.5 Å². The van der Waals surface area contributed by atoms with Gasteiger partial charge >= 0.3 is 0 Å². The van der Waals surface area contributed by atoms with E-state index in [0.29, 0.717) is 23.4 Å². The molecule has 3 rings (SSSR count). The smallest absolute Gasteiger partial charge is 0.271 e. The number of nitrogens with zero attached hydrogens (tertiary/aromatic N) is 2. The molecule has 0 saturated carbocycles. The van der Waals surface area contributed by atoms with Gasteiger partial charge in [0.25, 0.3) is 11.6 Å². The van der Waals surface area contributed by atoms with Gasteiger partial charge in [-0.25, -0.2) is 5.43 Å². The summed E-state index contributed by atoms with van der Waals surface area (Å²) in [4.78, 5) is 22.6. The number of hydrazone groups is 1. The molecule has 0 atom stereocenters. The van der Waals surface area contributed by atoms with E-state index in [1.54, 1.807) is 31.2 Å². The molecular weight excluding hydrogens is 382 g/mol. The number of hydrogen-bond donors (Lipinski definition) is 1. The van der Waals surface area contributed by atoms with Crippen LogP contribution in [0.2, 0.25) is 0 Å². The van der Waals surface area contributed by atoms with Crippen molar-refractivity contribution < 1.29 is 14.5 Å². The number of aryl methyl sites for hydroxylation is 1. The summed E-state index contributed by atoms with van der Waals surface area (Å²) >= 11 is 0. The Bertz CT molecular complexity index is 1060. The number of rotatable bonds is 7. The van der Waals surface area contributed by atoms with E-state index in [0.717, 1.165) is 11.3 Å². The van der Waals surface area contributed by atoms with Gasteiger partial charge in [0.1, 0.15) is 12.4 Å². The highest BCUT2D eigenvalue weighted by molar-refractivity contribution is 6.01. The van der Waals surface area contributed by atoms with Gasteiger partial charge in [-0.05, 0) is 61.4 Å². The van der Waals surface area contributed by atoms with Crippen LogP contribution in [0.5, 0.6) is 5.75 Å². The van der Waals surface area contributed by atoms with Gasteiger partial charge in [-0.3, -0.25) is 14.9 Å². The molecule has 0 aliphatic heterocycles. The number of hydrogen-bond acceptors (Lipinski definition) is 5. The minimum Gasteiger partial charge on any atom is -0.489 e. The van der Waals surface area contributed by atoms with E-state index in [2.05, 4.69) is 10.5 Å². The summed E-state index contributed by atoms with van der Waals surface area (Å²) in [5, 5.41) is 14.8. The number of nitrogens with one attached hydrogen (secondary N) is 1. The van der Waals surface area contributed by atoms with Crippen LogP contribution in [0.3, 0.4) is 0 Å². The normalized spacial score (nSPS) is 11.1. The van der Waals surface area contributed by atoms with E-state index in [4.69, 9.17) is 4.74 Å². The lowest BCUT2D eigenvalue weighted by Crippen LogP contribution is -2.19. The highest BCUT2D eigenvalue weighted by Crippen LogP contribution is 2.15. The fourth-order valence-corrected chi connectivity index (χ4v) is 2.64. The molecule has 0 aliphatic carbocycles. The van der Waals surface area contributed by atoms with Gasteiger partial charge < -0.3 is 4.74 Å². The van der Waals surface area contributed by atoms with Crippen molar-refractivity contribution >= 4 is 17.3 Å². The number of carbonyl (C=O) groups is 1. The SMILES string of the molecule is C/C(=N\NC(=O)c1ccc(COc2ccc(C)cc2)cc1)c1ccc([N+](=O)[O-])cc1. The lowest BCUT2D eigenvalue weighted by Gasteiger charge is -2.07. The first-order chi connectivity index (χ1) is 14.4. The van der Waals surface area contributed by atoms with Crippen LogP contribution >= 0.6 is 0 Å². The van der Waals surface area contributed by atoms with Gasteiger partial charge in [0, 0.05) is 17.7 Å². The molecule has 0 fully saturated rings. The number of carbonyl (C=O) groups excluding carboxylic acids is 1. The summed E-state index contributed by atoms with van der Waals surface area (Å²) in [6.45, 7) is 4.14. The first-order valence-corrected chi connectivity index (χ1v) is 9.30. The monoisotopic (exact) mass is 403 g/mol. The van der Waals surface area contributed by atoms with Crippen molar-refractivity contribution in [1.29, 1.82) is 0 Å². The molecule has 7 heteroatoms. The fraction of sp³-hybridized carbons (Fsp3) is 0.130. The van der Waals surface area contributed by atoms with Gasteiger partial charge in [0.2, 0.25) is 0 Å². The molecule has 0 radical (unpaired) electrons. The predicted octanol–water partition coefficient (Wildman–Crippen LogP) is 4.64. The van der Waals surface area contributed by atoms with Crippen LogP contribution in [0.25, 0.3) is 0 Å². The number of amides is 1. The minimum absolute atomic E-state index is 0.00188. The largest absolute Gasteiger partial charge is 0.489 e. The Morgan fingerprint density at radius 2 is 1.57 bits per heavy atom. The van der Waals surface area contributed by atoms with E-state index in [-0.39, 0.29) is 11.6 Å². The van der Waals surface area contributed by atoms with Crippen molar-refractivity contribution in [2.75, 3.05) is 0 Å². The standard InChI is InChI=1S/C23H21N3O4/c1-16-3-13-22(14-4-16)30-15-18-5-7-20(8-6-18)23(27)25-24-17(2)19-9-11-21(12-10-19)26(28)29/h3-14H,15H2,1-2H3,(H,25,27)/b24-17+. The third kappa shape index (κ3) is 5.51. The van der Waals surface area contributed by atoms with Gasteiger partial charge in [-0.15, -0.1) is 0 Å². The van der Waals surface area contributed by atoms with Crippen LogP contribution in [-0.4, -0.2) is 16.5 Å². The minimum atomic E-state index is -0.465. The Labute approximate surface area is 174 Å². The molecule has 1 N–H and O–H groups in total. The Morgan fingerprint density at radius 1 is 0.967 bits per heavy atom. The Morgan fingerprint density at radius 3 is 2.17 bits per heavy atom. The summed E-state index contributed by atoms with van der Waals surface area (Å²) in [6, 6.07) is 20.9. The molecular formula is C23H21N3O4. The quantitative estimate of drug-likeness (QED) is 0.353. The maximum Gasteiger partial charge on any atom is 0.271 e. The summed E-state index contributed by atoms with van der Waals surface area (Å²) < 4.78 is 5.73. The zero-order chi connectivity index (χ0) is 21.5. The van der Waals surface area contributed by atoms with E-state index in [1.165, 1.54) is 17.7 Å². The molecule has 0 spiro atoms. The van der Waals surface area contributed by atoms with Crippen LogP contribution in [-0.2, 0) is 6.61 Å². The molecule has 7 nitrogen and oxygen atoms in total. The van der Waals surface area contributed by atoms with Crippen LogP contribution in [0.15, 0.2) is 77.9 Å². The first-order valence-electron chi connectivity index (χ1n) is 9.30. The maximum atomic E-state index is 12.3. The lowest BCUT2D eigenvalue weighted by molar-refractivity contribution is -0.384. The molecule has 3 aromatic rings. The van der Waals surface area contributed by atoms with Crippen molar-refractivity contribution in [1.82, 2.24) is 5.43 Å². The molecule has 30 heavy (non-hydrogen) atoms. The molecule has 0 aliphatic rings. The first kappa shape index (κ1) is 20.7. The van der Waals surface area contributed by atoms with Crippen molar-refractivity contribution in [3.05, 3.63) is 105 Å². The predicted molar refractivity (Wildman–Crippen MR) is 115 cm³/mol. The van der Waals surface area contributed by atoms with Crippen LogP contribution in [0.1, 0.15) is 34.0 Å². The van der Waals surface area contributed by atoms with E-state index < -0.39 is 4.92 Å². The molecule has 0 heterocycles. The molecule has 152 valence electrons. The highest BCUT2D eigenvalue weighted by atomic mass is 16.6. The number of non-ortho nitro benzene ring substituents is 1. The number of benzene rings is 3. The van der Waals surface area contributed by atoms with Crippen molar-refractivity contribution in [3.8, 4) is 5.75 Å². The maximum absolute atomic E-state index is 12.3. The zero-order valence-corrected chi connectivity index (χ0v) is 16.7. The average molecular weight is 403 g/mol. The fourth-order valence-electron chi connectivity index (χ4n) is 2.64. The molecule has 1 amide bonds. The van der Waals surface area contributed by atoms with Gasteiger partial charge in [-0.2, -0.15) is 5.10 Å². The summed E-state index contributed by atoms with van der Waals surface area (Å²) in [6.07, 6.45) is 0. The van der Waals surface area contributed by atoms with Crippen molar-refractivity contribution in [3.63, 3.8) is 0 Å². The highest BCUT2D eigenvalue weighted by Gasteiger charge is 2.08. The van der Waals surface area contributed by atoms with E-state index in [9.17, 15) is 14.9 Å². The van der Waals surface area contributed by atoms with Crippen LogP contribution in [0.4, 0.5) is 5.69 Å². The Hall–Kier alpha value is -4.00.